The smallest absolute Gasteiger partial charge is 0.193 e. The van der Waals surface area contributed by atoms with Gasteiger partial charge in [-0.2, -0.15) is 0 Å². The summed E-state index contributed by atoms with van der Waals surface area (Å²) in [5.74, 6) is 2.68. The molecule has 132 valence electrons. The van der Waals surface area contributed by atoms with Crippen LogP contribution in [-0.2, 0) is 0 Å². The first kappa shape index (κ1) is 16.9. The lowest BCUT2D eigenvalue weighted by Crippen LogP contribution is -2.40. The van der Waals surface area contributed by atoms with Gasteiger partial charge in [-0.15, -0.1) is 0 Å². The predicted molar refractivity (Wildman–Crippen MR) is 100 cm³/mol. The standard InChI is InChI=1S/C19H30N4O/c1-3-20-19(22-11-6-7-12-22)21-14-16-10-13-23(15-16)17-8-4-5-9-18(17)24-2/h4-5,8-9,16H,3,6-7,10-15H2,1-2H3,(H,20,21). The minimum atomic E-state index is 0.617. The van der Waals surface area contributed by atoms with E-state index in [9.17, 15) is 0 Å². The lowest BCUT2D eigenvalue weighted by molar-refractivity contribution is 0.414. The minimum absolute atomic E-state index is 0.617. The molecular weight excluding hydrogens is 300 g/mol. The van der Waals surface area contributed by atoms with Crippen LogP contribution in [0.25, 0.3) is 0 Å². The maximum absolute atomic E-state index is 5.50. The van der Waals surface area contributed by atoms with Gasteiger partial charge < -0.3 is 19.9 Å². The zero-order valence-electron chi connectivity index (χ0n) is 15.0. The van der Waals surface area contributed by atoms with Gasteiger partial charge >= 0.3 is 0 Å². The van der Waals surface area contributed by atoms with Gasteiger partial charge in [0, 0.05) is 39.3 Å². The second-order valence-corrected chi connectivity index (χ2v) is 6.66. The first-order valence-corrected chi connectivity index (χ1v) is 9.23. The maximum Gasteiger partial charge on any atom is 0.193 e. The van der Waals surface area contributed by atoms with E-state index >= 15 is 0 Å². The zero-order chi connectivity index (χ0) is 16.8. The molecule has 2 fully saturated rings. The van der Waals surface area contributed by atoms with Gasteiger partial charge in [-0.3, -0.25) is 4.99 Å². The van der Waals surface area contributed by atoms with E-state index in [-0.39, 0.29) is 0 Å². The average molecular weight is 330 g/mol. The van der Waals surface area contributed by atoms with Crippen molar-refractivity contribution in [1.29, 1.82) is 0 Å². The molecule has 2 heterocycles. The van der Waals surface area contributed by atoms with Crippen LogP contribution >= 0.6 is 0 Å². The molecule has 0 radical (unpaired) electrons. The normalized spacial score (nSPS) is 21.4. The van der Waals surface area contributed by atoms with Crippen LogP contribution in [0.3, 0.4) is 0 Å². The van der Waals surface area contributed by atoms with Crippen molar-refractivity contribution < 1.29 is 4.74 Å². The molecular formula is C19H30N4O. The molecule has 1 aromatic rings. The molecule has 5 heteroatoms. The molecule has 0 aliphatic carbocycles. The molecule has 0 saturated carbocycles. The summed E-state index contributed by atoms with van der Waals surface area (Å²) >= 11 is 0. The van der Waals surface area contributed by atoms with Crippen LogP contribution in [0, 0.1) is 5.92 Å². The van der Waals surface area contributed by atoms with Gasteiger partial charge in [0.15, 0.2) is 5.96 Å². The third-order valence-electron chi connectivity index (χ3n) is 4.95. The highest BCUT2D eigenvalue weighted by Gasteiger charge is 2.25. The summed E-state index contributed by atoms with van der Waals surface area (Å²) in [5.41, 5.74) is 1.21. The first-order valence-electron chi connectivity index (χ1n) is 9.23. The van der Waals surface area contributed by atoms with E-state index in [1.54, 1.807) is 7.11 Å². The number of anilines is 1. The largest absolute Gasteiger partial charge is 0.495 e. The van der Waals surface area contributed by atoms with Crippen molar-refractivity contribution >= 4 is 11.6 Å². The number of ether oxygens (including phenoxy) is 1. The average Bonchev–Trinajstić information content (AvgIpc) is 3.30. The number of para-hydroxylation sites is 2. The molecule has 0 bridgehead atoms. The molecule has 2 saturated heterocycles. The fourth-order valence-electron chi connectivity index (χ4n) is 3.66. The third-order valence-corrected chi connectivity index (χ3v) is 4.95. The van der Waals surface area contributed by atoms with E-state index in [2.05, 4.69) is 34.2 Å². The molecule has 0 amide bonds. The Kier molecular flexibility index (Phi) is 5.83. The minimum Gasteiger partial charge on any atom is -0.495 e. The van der Waals surface area contributed by atoms with Crippen LogP contribution in [0.15, 0.2) is 29.3 Å². The van der Waals surface area contributed by atoms with Crippen LogP contribution in [0.2, 0.25) is 0 Å². The van der Waals surface area contributed by atoms with Crippen molar-refractivity contribution in [2.45, 2.75) is 26.2 Å². The molecule has 5 nitrogen and oxygen atoms in total. The van der Waals surface area contributed by atoms with Gasteiger partial charge in [0.1, 0.15) is 5.75 Å². The van der Waals surface area contributed by atoms with Crippen molar-refractivity contribution in [3.63, 3.8) is 0 Å². The Hall–Kier alpha value is -1.91. The Morgan fingerprint density at radius 3 is 2.79 bits per heavy atom. The Labute approximate surface area is 145 Å². The van der Waals surface area contributed by atoms with E-state index in [4.69, 9.17) is 9.73 Å². The number of likely N-dealkylation sites (tertiary alicyclic amines) is 1. The number of guanidine groups is 1. The fourth-order valence-corrected chi connectivity index (χ4v) is 3.66. The van der Waals surface area contributed by atoms with Crippen molar-refractivity contribution in [2.24, 2.45) is 10.9 Å². The highest BCUT2D eigenvalue weighted by molar-refractivity contribution is 5.80. The molecule has 24 heavy (non-hydrogen) atoms. The van der Waals surface area contributed by atoms with E-state index in [1.807, 2.05) is 12.1 Å². The Bertz CT molecular complexity index is 554. The van der Waals surface area contributed by atoms with Gasteiger partial charge in [0.25, 0.3) is 0 Å². The van der Waals surface area contributed by atoms with Crippen LogP contribution in [0.5, 0.6) is 5.75 Å². The highest BCUT2D eigenvalue weighted by Crippen LogP contribution is 2.32. The lowest BCUT2D eigenvalue weighted by atomic mass is 10.1. The Morgan fingerprint density at radius 2 is 2.04 bits per heavy atom. The molecule has 3 rings (SSSR count). The second kappa shape index (κ2) is 8.27. The number of methoxy groups -OCH3 is 1. The SMILES string of the molecule is CCNC(=NCC1CCN(c2ccccc2OC)C1)N1CCCC1. The number of rotatable bonds is 5. The summed E-state index contributed by atoms with van der Waals surface area (Å²) in [6.45, 7) is 8.42. The van der Waals surface area contributed by atoms with Gasteiger partial charge in [0.2, 0.25) is 0 Å². The predicted octanol–water partition coefficient (Wildman–Crippen LogP) is 2.58. The summed E-state index contributed by atoms with van der Waals surface area (Å²) < 4.78 is 5.50. The number of nitrogens with zero attached hydrogens (tertiary/aromatic N) is 3. The van der Waals surface area contributed by atoms with Crippen molar-refractivity contribution in [2.75, 3.05) is 51.3 Å². The summed E-state index contributed by atoms with van der Waals surface area (Å²) in [6, 6.07) is 8.30. The van der Waals surface area contributed by atoms with Crippen LogP contribution in [-0.4, -0.2) is 57.2 Å². The number of nitrogens with one attached hydrogen (secondary N) is 1. The molecule has 0 aromatic heterocycles. The quantitative estimate of drug-likeness (QED) is 0.665. The van der Waals surface area contributed by atoms with Gasteiger partial charge in [0.05, 0.1) is 12.8 Å². The Balaban J connectivity index is 1.59. The van der Waals surface area contributed by atoms with Crippen molar-refractivity contribution in [3.05, 3.63) is 24.3 Å². The lowest BCUT2D eigenvalue weighted by Gasteiger charge is -2.22. The summed E-state index contributed by atoms with van der Waals surface area (Å²) in [7, 11) is 1.75. The van der Waals surface area contributed by atoms with Gasteiger partial charge in [-0.1, -0.05) is 12.1 Å². The van der Waals surface area contributed by atoms with E-state index in [0.717, 1.165) is 51.0 Å². The molecule has 1 unspecified atom stereocenters. The highest BCUT2D eigenvalue weighted by atomic mass is 16.5. The molecule has 2 aliphatic heterocycles. The Morgan fingerprint density at radius 1 is 1.25 bits per heavy atom. The van der Waals surface area contributed by atoms with Gasteiger partial charge in [-0.25, -0.2) is 0 Å². The third kappa shape index (κ3) is 3.94. The summed E-state index contributed by atoms with van der Waals surface area (Å²) in [4.78, 5) is 9.75. The van der Waals surface area contributed by atoms with Crippen LogP contribution in [0.1, 0.15) is 26.2 Å². The summed E-state index contributed by atoms with van der Waals surface area (Å²) in [6.07, 6.45) is 3.77. The summed E-state index contributed by atoms with van der Waals surface area (Å²) in [5, 5.41) is 3.45. The van der Waals surface area contributed by atoms with Crippen molar-refractivity contribution in [3.8, 4) is 5.75 Å². The first-order chi connectivity index (χ1) is 11.8. The number of hydrogen-bond donors (Lipinski definition) is 1. The number of hydrogen-bond acceptors (Lipinski definition) is 3. The molecule has 0 spiro atoms. The second-order valence-electron chi connectivity index (χ2n) is 6.66. The zero-order valence-corrected chi connectivity index (χ0v) is 15.0. The van der Waals surface area contributed by atoms with E-state index < -0.39 is 0 Å². The molecule has 1 N–H and O–H groups in total. The topological polar surface area (TPSA) is 40.1 Å². The maximum atomic E-state index is 5.50. The molecule has 1 aromatic carbocycles. The van der Waals surface area contributed by atoms with E-state index in [0.29, 0.717) is 5.92 Å². The number of aliphatic imine (C=N–C) groups is 1. The molecule has 2 aliphatic rings. The van der Waals surface area contributed by atoms with E-state index in [1.165, 1.54) is 24.9 Å². The fraction of sp³-hybridized carbons (Fsp3) is 0.632. The number of benzene rings is 1. The van der Waals surface area contributed by atoms with Crippen LogP contribution < -0.4 is 15.0 Å². The monoisotopic (exact) mass is 330 g/mol. The van der Waals surface area contributed by atoms with Gasteiger partial charge in [-0.05, 0) is 44.2 Å². The molecule has 1 atom stereocenters. The van der Waals surface area contributed by atoms with Crippen molar-refractivity contribution in [1.82, 2.24) is 10.2 Å². The van der Waals surface area contributed by atoms with Crippen LogP contribution in [0.4, 0.5) is 5.69 Å².